The highest BCUT2D eigenvalue weighted by Crippen LogP contribution is 2.44. The van der Waals surface area contributed by atoms with Gasteiger partial charge in [-0.3, -0.25) is 4.79 Å². The molecule has 1 aliphatic rings. The van der Waals surface area contributed by atoms with E-state index in [0.717, 1.165) is 16.5 Å². The van der Waals surface area contributed by atoms with Gasteiger partial charge in [0.05, 0.1) is 0 Å². The number of rotatable bonds is 3. The van der Waals surface area contributed by atoms with Gasteiger partial charge in [0.15, 0.2) is 0 Å². The van der Waals surface area contributed by atoms with Crippen LogP contribution in [0.3, 0.4) is 0 Å². The normalized spacial score (nSPS) is 18.4. The molecule has 1 atom stereocenters. The van der Waals surface area contributed by atoms with Crippen LogP contribution in [0.5, 0.6) is 0 Å². The second-order valence-corrected chi connectivity index (χ2v) is 8.22. The molecule has 1 fully saturated rings. The maximum Gasteiger partial charge on any atom is 0.254 e. The van der Waals surface area contributed by atoms with Crippen molar-refractivity contribution in [3.8, 4) is 0 Å². The largest absolute Gasteiger partial charge is 0.335 e. The molecule has 0 saturated carbocycles. The van der Waals surface area contributed by atoms with Crippen LogP contribution in [0.1, 0.15) is 34.8 Å². The van der Waals surface area contributed by atoms with Gasteiger partial charge in [-0.1, -0.05) is 76.6 Å². The summed E-state index contributed by atoms with van der Waals surface area (Å²) >= 11 is 3.44. The zero-order chi connectivity index (χ0) is 18.9. The molecule has 3 heteroatoms. The number of amides is 1. The molecule has 3 aromatic rings. The van der Waals surface area contributed by atoms with Gasteiger partial charge in [-0.15, -0.1) is 0 Å². The number of carbonyl (C=O) groups excluding carboxylic acids is 1. The van der Waals surface area contributed by atoms with Gasteiger partial charge in [0.1, 0.15) is 0 Å². The van der Waals surface area contributed by atoms with Gasteiger partial charge < -0.3 is 4.90 Å². The minimum Gasteiger partial charge on any atom is -0.335 e. The highest BCUT2D eigenvalue weighted by molar-refractivity contribution is 9.10. The number of likely N-dealkylation sites (tertiary alicyclic amines) is 1. The fourth-order valence-electron chi connectivity index (χ4n) is 4.26. The number of nitrogens with zero attached hydrogens (tertiary/aromatic N) is 1. The van der Waals surface area contributed by atoms with Crippen LogP contribution in [0.2, 0.25) is 0 Å². The Bertz CT molecular complexity index is 882. The monoisotopic (exact) mass is 419 g/mol. The Hall–Kier alpha value is -2.39. The Morgan fingerprint density at radius 1 is 0.889 bits per heavy atom. The molecular formula is C24H22BrNO. The second kappa shape index (κ2) is 7.32. The fraction of sp³-hybridized carbons (Fsp3) is 0.208. The lowest BCUT2D eigenvalue weighted by Crippen LogP contribution is -2.37. The first-order valence-electron chi connectivity index (χ1n) is 9.28. The van der Waals surface area contributed by atoms with Crippen LogP contribution in [-0.2, 0) is 5.41 Å². The summed E-state index contributed by atoms with van der Waals surface area (Å²) in [6.07, 6.45) is 0.920. The molecule has 1 amide bonds. The van der Waals surface area contributed by atoms with Crippen LogP contribution < -0.4 is 0 Å². The van der Waals surface area contributed by atoms with E-state index < -0.39 is 0 Å². The van der Waals surface area contributed by atoms with E-state index in [1.807, 2.05) is 41.3 Å². The molecule has 136 valence electrons. The number of carbonyl (C=O) groups is 1. The molecule has 27 heavy (non-hydrogen) atoms. The smallest absolute Gasteiger partial charge is 0.254 e. The number of hydrogen-bond donors (Lipinski definition) is 0. The Kier molecular flexibility index (Phi) is 4.88. The Labute approximate surface area is 169 Å². The minimum atomic E-state index is -0.174. The minimum absolute atomic E-state index is 0.101. The molecule has 0 aromatic heterocycles. The predicted molar refractivity (Wildman–Crippen MR) is 113 cm³/mol. The summed E-state index contributed by atoms with van der Waals surface area (Å²) in [5, 5.41) is 0. The van der Waals surface area contributed by atoms with E-state index in [9.17, 15) is 4.79 Å². The molecule has 0 N–H and O–H groups in total. The molecule has 3 aromatic carbocycles. The van der Waals surface area contributed by atoms with E-state index in [0.29, 0.717) is 6.54 Å². The first-order chi connectivity index (χ1) is 13.1. The van der Waals surface area contributed by atoms with Crippen molar-refractivity contribution >= 4 is 21.8 Å². The average Bonchev–Trinajstić information content (AvgIpc) is 3.08. The number of hydrogen-bond acceptors (Lipinski definition) is 1. The van der Waals surface area contributed by atoms with Gasteiger partial charge >= 0.3 is 0 Å². The lowest BCUT2D eigenvalue weighted by atomic mass is 9.73. The summed E-state index contributed by atoms with van der Waals surface area (Å²) in [5.74, 6) is 0.101. The summed E-state index contributed by atoms with van der Waals surface area (Å²) in [7, 11) is 0. The molecule has 1 saturated heterocycles. The van der Waals surface area contributed by atoms with Crippen molar-refractivity contribution in [3.63, 3.8) is 0 Å². The van der Waals surface area contributed by atoms with Crippen molar-refractivity contribution in [1.82, 2.24) is 4.90 Å². The van der Waals surface area contributed by atoms with Gasteiger partial charge in [0.25, 0.3) is 5.91 Å². The SMILES string of the molecule is C[C@@H]1CC(c2ccccc2)(c2ccccc2)CN1C(=O)c1ccc(Br)cc1. The fourth-order valence-corrected chi connectivity index (χ4v) is 4.52. The predicted octanol–water partition coefficient (Wildman–Crippen LogP) is 5.67. The van der Waals surface area contributed by atoms with Crippen LogP contribution in [-0.4, -0.2) is 23.4 Å². The molecule has 0 bridgehead atoms. The van der Waals surface area contributed by atoms with Crippen molar-refractivity contribution in [2.75, 3.05) is 6.54 Å². The molecule has 0 radical (unpaired) electrons. The lowest BCUT2D eigenvalue weighted by Gasteiger charge is -2.31. The van der Waals surface area contributed by atoms with Gasteiger partial charge in [-0.25, -0.2) is 0 Å². The first-order valence-corrected chi connectivity index (χ1v) is 10.1. The van der Waals surface area contributed by atoms with E-state index in [2.05, 4.69) is 71.4 Å². The van der Waals surface area contributed by atoms with Crippen molar-refractivity contribution in [1.29, 1.82) is 0 Å². The van der Waals surface area contributed by atoms with Crippen LogP contribution in [0.4, 0.5) is 0 Å². The van der Waals surface area contributed by atoms with Crippen LogP contribution >= 0.6 is 15.9 Å². The quantitative estimate of drug-likeness (QED) is 0.535. The number of benzene rings is 3. The molecule has 1 aliphatic heterocycles. The van der Waals surface area contributed by atoms with Gasteiger partial charge in [-0.05, 0) is 48.7 Å². The standard InChI is InChI=1S/C24H22BrNO/c1-18-16-24(20-8-4-2-5-9-20,21-10-6-3-7-11-21)17-26(18)23(27)19-12-14-22(25)15-13-19/h2-15,18H,16-17H2,1H3/t18-/m1/s1. The van der Waals surface area contributed by atoms with Crippen LogP contribution in [0.25, 0.3) is 0 Å². The molecular weight excluding hydrogens is 398 g/mol. The summed E-state index contributed by atoms with van der Waals surface area (Å²) < 4.78 is 0.983. The molecule has 0 unspecified atom stereocenters. The van der Waals surface area contributed by atoms with Crippen molar-refractivity contribution in [2.24, 2.45) is 0 Å². The zero-order valence-electron chi connectivity index (χ0n) is 15.3. The van der Waals surface area contributed by atoms with E-state index in [-0.39, 0.29) is 17.4 Å². The van der Waals surface area contributed by atoms with Crippen molar-refractivity contribution < 1.29 is 4.79 Å². The third-order valence-electron chi connectivity index (χ3n) is 5.62. The third kappa shape index (κ3) is 3.32. The summed E-state index contributed by atoms with van der Waals surface area (Å²) in [6, 6.07) is 29.0. The zero-order valence-corrected chi connectivity index (χ0v) is 16.9. The van der Waals surface area contributed by atoms with Crippen LogP contribution in [0.15, 0.2) is 89.4 Å². The first kappa shape index (κ1) is 18.0. The van der Waals surface area contributed by atoms with E-state index in [4.69, 9.17) is 0 Å². The third-order valence-corrected chi connectivity index (χ3v) is 6.15. The van der Waals surface area contributed by atoms with E-state index in [1.165, 1.54) is 11.1 Å². The molecule has 0 aliphatic carbocycles. The Balaban J connectivity index is 1.74. The molecule has 4 rings (SSSR count). The van der Waals surface area contributed by atoms with Gasteiger partial charge in [0, 0.05) is 28.0 Å². The lowest BCUT2D eigenvalue weighted by molar-refractivity contribution is 0.0742. The maximum atomic E-state index is 13.2. The summed E-state index contributed by atoms with van der Waals surface area (Å²) in [5.41, 5.74) is 3.11. The molecule has 0 spiro atoms. The van der Waals surface area contributed by atoms with Gasteiger partial charge in [-0.2, -0.15) is 0 Å². The van der Waals surface area contributed by atoms with Crippen molar-refractivity contribution in [2.45, 2.75) is 24.8 Å². The maximum absolute atomic E-state index is 13.2. The Morgan fingerprint density at radius 2 is 1.41 bits per heavy atom. The van der Waals surface area contributed by atoms with Crippen molar-refractivity contribution in [3.05, 3.63) is 106 Å². The Morgan fingerprint density at radius 3 is 1.93 bits per heavy atom. The average molecular weight is 420 g/mol. The molecule has 1 heterocycles. The summed E-state index contributed by atoms with van der Waals surface area (Å²) in [4.78, 5) is 15.3. The van der Waals surface area contributed by atoms with Crippen LogP contribution in [0, 0.1) is 0 Å². The second-order valence-electron chi connectivity index (χ2n) is 7.31. The van der Waals surface area contributed by atoms with Gasteiger partial charge in [0.2, 0.25) is 0 Å². The van der Waals surface area contributed by atoms with E-state index in [1.54, 1.807) is 0 Å². The summed E-state index contributed by atoms with van der Waals surface area (Å²) in [6.45, 7) is 2.85. The highest BCUT2D eigenvalue weighted by atomic mass is 79.9. The topological polar surface area (TPSA) is 20.3 Å². The van der Waals surface area contributed by atoms with E-state index >= 15 is 0 Å². The number of halogens is 1. The molecule has 2 nitrogen and oxygen atoms in total. The highest BCUT2D eigenvalue weighted by Gasteiger charge is 2.46.